The minimum absolute atomic E-state index is 0.0422. The highest BCUT2D eigenvalue weighted by molar-refractivity contribution is 5.92. The number of carbonyl (C=O) groups is 1. The Morgan fingerprint density at radius 3 is 2.90 bits per heavy atom. The fourth-order valence-corrected chi connectivity index (χ4v) is 1.69. The van der Waals surface area contributed by atoms with Crippen molar-refractivity contribution in [3.8, 4) is 0 Å². The second-order valence-corrected chi connectivity index (χ2v) is 4.28. The van der Waals surface area contributed by atoms with Crippen molar-refractivity contribution in [1.29, 1.82) is 0 Å². The average molecular weight is 287 g/mol. The summed E-state index contributed by atoms with van der Waals surface area (Å²) in [6.07, 6.45) is 4.08. The summed E-state index contributed by atoms with van der Waals surface area (Å²) in [7, 11) is 1.61. The lowest BCUT2D eigenvalue weighted by atomic mass is 10.1. The molecule has 0 bridgehead atoms. The molecule has 1 amide bonds. The van der Waals surface area contributed by atoms with Crippen LogP contribution < -0.4 is 0 Å². The largest absolute Gasteiger partial charge is 0.335 e. The molecule has 8 heteroatoms. The third-order valence-electron chi connectivity index (χ3n) is 2.77. The van der Waals surface area contributed by atoms with Gasteiger partial charge in [0.2, 0.25) is 5.91 Å². The maximum atomic E-state index is 11.9. The van der Waals surface area contributed by atoms with Crippen LogP contribution in [0.4, 0.5) is 5.69 Å². The highest BCUT2D eigenvalue weighted by Gasteiger charge is 2.11. The maximum absolute atomic E-state index is 11.9. The first-order valence-electron chi connectivity index (χ1n) is 6.09. The summed E-state index contributed by atoms with van der Waals surface area (Å²) in [5.74, 6) is 0.273. The van der Waals surface area contributed by atoms with E-state index in [-0.39, 0.29) is 18.1 Å². The topological polar surface area (TPSA) is 105 Å². The second kappa shape index (κ2) is 6.42. The van der Waals surface area contributed by atoms with Crippen molar-refractivity contribution >= 4 is 17.7 Å². The molecule has 0 aliphatic heterocycles. The van der Waals surface area contributed by atoms with Gasteiger partial charge in [0.25, 0.3) is 5.69 Å². The molecule has 0 saturated heterocycles. The fraction of sp³-hybridized carbons (Fsp3) is 0.154. The van der Waals surface area contributed by atoms with Gasteiger partial charge in [-0.2, -0.15) is 5.10 Å². The lowest BCUT2D eigenvalue weighted by Crippen LogP contribution is -2.24. The number of amides is 1. The molecular weight excluding hydrogens is 274 g/mol. The van der Waals surface area contributed by atoms with Gasteiger partial charge in [-0.3, -0.25) is 20.0 Å². The Bertz CT molecular complexity index is 666. The molecular formula is C13H13N5O3. The smallest absolute Gasteiger partial charge is 0.276 e. The minimum Gasteiger partial charge on any atom is -0.335 e. The van der Waals surface area contributed by atoms with Gasteiger partial charge in [-0.15, -0.1) is 0 Å². The molecule has 8 nitrogen and oxygen atoms in total. The molecule has 0 unspecified atom stereocenters. The first-order valence-corrected chi connectivity index (χ1v) is 6.09. The summed E-state index contributed by atoms with van der Waals surface area (Å²) >= 11 is 0. The molecule has 1 N–H and O–H groups in total. The Hall–Kier alpha value is -3.03. The molecule has 0 atom stereocenters. The molecule has 0 fully saturated rings. The average Bonchev–Trinajstić information content (AvgIpc) is 2.97. The van der Waals surface area contributed by atoms with E-state index >= 15 is 0 Å². The number of likely N-dealkylation sites (N-methyl/N-ethyl adjacent to an activating group) is 1. The van der Waals surface area contributed by atoms with Crippen LogP contribution in [0.15, 0.2) is 36.7 Å². The Morgan fingerprint density at radius 2 is 2.24 bits per heavy atom. The quantitative estimate of drug-likeness (QED) is 0.508. The van der Waals surface area contributed by atoms with Gasteiger partial charge in [0.05, 0.1) is 17.0 Å². The van der Waals surface area contributed by atoms with Crippen LogP contribution in [-0.4, -0.2) is 38.0 Å². The third kappa shape index (κ3) is 3.72. The predicted molar refractivity (Wildman–Crippen MR) is 75.0 cm³/mol. The van der Waals surface area contributed by atoms with Crippen LogP contribution in [0.5, 0.6) is 0 Å². The fourth-order valence-electron chi connectivity index (χ4n) is 1.69. The van der Waals surface area contributed by atoms with E-state index in [4.69, 9.17) is 0 Å². The Morgan fingerprint density at radius 1 is 1.48 bits per heavy atom. The molecule has 1 aromatic heterocycles. The summed E-state index contributed by atoms with van der Waals surface area (Å²) in [6, 6.07) is 6.23. The van der Waals surface area contributed by atoms with E-state index in [1.807, 2.05) is 0 Å². The number of hydrogen-bond donors (Lipinski definition) is 1. The summed E-state index contributed by atoms with van der Waals surface area (Å²) in [6.45, 7) is 0.278. The molecule has 1 heterocycles. The Labute approximate surface area is 120 Å². The van der Waals surface area contributed by atoms with Crippen molar-refractivity contribution in [1.82, 2.24) is 20.1 Å². The number of benzene rings is 1. The van der Waals surface area contributed by atoms with Crippen molar-refractivity contribution in [2.45, 2.75) is 6.54 Å². The van der Waals surface area contributed by atoms with E-state index in [9.17, 15) is 14.9 Å². The van der Waals surface area contributed by atoms with Crippen LogP contribution >= 0.6 is 0 Å². The number of nitro benzene ring substituents is 1. The van der Waals surface area contributed by atoms with E-state index < -0.39 is 4.92 Å². The molecule has 0 radical (unpaired) electrons. The van der Waals surface area contributed by atoms with Gasteiger partial charge in [-0.05, 0) is 12.1 Å². The number of H-pyrrole nitrogens is 1. The third-order valence-corrected chi connectivity index (χ3v) is 2.77. The van der Waals surface area contributed by atoms with E-state index in [0.29, 0.717) is 11.4 Å². The minimum atomic E-state index is -0.484. The van der Waals surface area contributed by atoms with Gasteiger partial charge in [0.15, 0.2) is 0 Å². The standard InChI is InChI=1S/C13H13N5O3/c1-17(8-12-14-9-15-16-12)13(19)7-6-10-4-2-3-5-11(10)18(20)21/h2-7,9H,8H2,1H3,(H,14,15,16). The molecule has 108 valence electrons. The number of rotatable bonds is 5. The van der Waals surface area contributed by atoms with E-state index in [0.717, 1.165) is 0 Å². The lowest BCUT2D eigenvalue weighted by Gasteiger charge is -2.12. The normalized spacial score (nSPS) is 10.7. The number of nitrogens with one attached hydrogen (secondary N) is 1. The van der Waals surface area contributed by atoms with Crippen LogP contribution in [0, 0.1) is 10.1 Å². The van der Waals surface area contributed by atoms with E-state index in [1.165, 1.54) is 29.4 Å². The van der Waals surface area contributed by atoms with Crippen LogP contribution in [0.2, 0.25) is 0 Å². The highest BCUT2D eigenvalue weighted by Crippen LogP contribution is 2.18. The molecule has 0 spiro atoms. The number of nitro groups is 1. The molecule has 0 aliphatic rings. The number of para-hydroxylation sites is 1. The summed E-state index contributed by atoms with van der Waals surface area (Å²) in [5.41, 5.74) is 0.336. The lowest BCUT2D eigenvalue weighted by molar-refractivity contribution is -0.385. The monoisotopic (exact) mass is 287 g/mol. The molecule has 2 aromatic rings. The predicted octanol–water partition coefficient (Wildman–Crippen LogP) is 1.38. The highest BCUT2D eigenvalue weighted by atomic mass is 16.6. The Balaban J connectivity index is 2.07. The zero-order valence-electron chi connectivity index (χ0n) is 11.3. The van der Waals surface area contributed by atoms with Crippen LogP contribution in [0.1, 0.15) is 11.4 Å². The van der Waals surface area contributed by atoms with Crippen LogP contribution in [0.3, 0.4) is 0 Å². The SMILES string of the molecule is CN(Cc1ncn[nH]1)C(=O)C=Cc1ccccc1[N+](=O)[O-]. The van der Waals surface area contributed by atoms with Crippen molar-refractivity contribution < 1.29 is 9.72 Å². The number of aromatic amines is 1. The van der Waals surface area contributed by atoms with Gasteiger partial charge in [0, 0.05) is 19.2 Å². The molecule has 0 saturated carbocycles. The van der Waals surface area contributed by atoms with Crippen LogP contribution in [0.25, 0.3) is 6.08 Å². The molecule has 1 aromatic carbocycles. The van der Waals surface area contributed by atoms with Gasteiger partial charge in [-0.25, -0.2) is 4.98 Å². The first-order chi connectivity index (χ1) is 10.1. The van der Waals surface area contributed by atoms with Gasteiger partial charge >= 0.3 is 0 Å². The van der Waals surface area contributed by atoms with Gasteiger partial charge < -0.3 is 4.90 Å². The number of aromatic nitrogens is 3. The van der Waals surface area contributed by atoms with Crippen molar-refractivity contribution in [3.63, 3.8) is 0 Å². The van der Waals surface area contributed by atoms with Crippen molar-refractivity contribution in [2.24, 2.45) is 0 Å². The Kier molecular flexibility index (Phi) is 4.39. The summed E-state index contributed by atoms with van der Waals surface area (Å²) in [4.78, 5) is 27.7. The zero-order chi connectivity index (χ0) is 15.2. The second-order valence-electron chi connectivity index (χ2n) is 4.28. The molecule has 0 aliphatic carbocycles. The van der Waals surface area contributed by atoms with Crippen molar-refractivity contribution in [3.05, 3.63) is 58.2 Å². The number of carbonyl (C=O) groups excluding carboxylic acids is 1. The van der Waals surface area contributed by atoms with Gasteiger partial charge in [0.1, 0.15) is 12.2 Å². The van der Waals surface area contributed by atoms with Crippen molar-refractivity contribution in [2.75, 3.05) is 7.05 Å². The number of hydrogen-bond acceptors (Lipinski definition) is 5. The summed E-state index contributed by atoms with van der Waals surface area (Å²) in [5, 5.41) is 17.2. The maximum Gasteiger partial charge on any atom is 0.276 e. The number of nitrogens with zero attached hydrogens (tertiary/aromatic N) is 4. The van der Waals surface area contributed by atoms with E-state index in [1.54, 1.807) is 25.2 Å². The van der Waals surface area contributed by atoms with Gasteiger partial charge in [-0.1, -0.05) is 12.1 Å². The summed E-state index contributed by atoms with van der Waals surface area (Å²) < 4.78 is 0. The van der Waals surface area contributed by atoms with E-state index in [2.05, 4.69) is 15.2 Å². The molecule has 21 heavy (non-hydrogen) atoms. The van der Waals surface area contributed by atoms with Crippen LogP contribution in [-0.2, 0) is 11.3 Å². The zero-order valence-corrected chi connectivity index (χ0v) is 11.3. The first kappa shape index (κ1) is 14.4. The molecule has 2 rings (SSSR count).